The molecule has 2 atom stereocenters. The van der Waals surface area contributed by atoms with E-state index in [2.05, 4.69) is 4.98 Å². The zero-order valence-corrected chi connectivity index (χ0v) is 18.2. The molecule has 6 nitrogen and oxygen atoms in total. The van der Waals surface area contributed by atoms with E-state index in [0.29, 0.717) is 41.2 Å². The Morgan fingerprint density at radius 2 is 2.03 bits per heavy atom. The van der Waals surface area contributed by atoms with Crippen molar-refractivity contribution in [1.82, 2.24) is 9.88 Å². The van der Waals surface area contributed by atoms with Crippen molar-refractivity contribution in [2.24, 2.45) is 5.92 Å². The van der Waals surface area contributed by atoms with E-state index in [0.717, 1.165) is 10.9 Å². The lowest BCUT2D eigenvalue weighted by Gasteiger charge is -2.32. The number of amides is 1. The normalized spacial score (nSPS) is 17.2. The third-order valence-electron chi connectivity index (χ3n) is 5.68. The van der Waals surface area contributed by atoms with Crippen molar-refractivity contribution in [1.29, 1.82) is 0 Å². The minimum atomic E-state index is -0.881. The highest BCUT2D eigenvalue weighted by Crippen LogP contribution is 2.34. The highest BCUT2D eigenvalue weighted by molar-refractivity contribution is 6.33. The average molecular weight is 457 g/mol. The van der Waals surface area contributed by atoms with Crippen LogP contribution in [0.15, 0.2) is 48.7 Å². The largest absolute Gasteiger partial charge is 0.481 e. The molecule has 3 aromatic rings. The minimum Gasteiger partial charge on any atom is -0.481 e. The maximum absolute atomic E-state index is 13.4. The number of pyridine rings is 1. The molecule has 32 heavy (non-hydrogen) atoms. The highest BCUT2D eigenvalue weighted by atomic mass is 35.5. The molecule has 1 unspecified atom stereocenters. The van der Waals surface area contributed by atoms with Crippen LogP contribution >= 0.6 is 11.6 Å². The zero-order valence-electron chi connectivity index (χ0n) is 17.4. The Hall–Kier alpha value is -3.19. The van der Waals surface area contributed by atoms with Gasteiger partial charge in [-0.05, 0) is 61.7 Å². The number of carboxylic acids is 1. The van der Waals surface area contributed by atoms with Gasteiger partial charge < -0.3 is 14.7 Å². The number of carboxylic acid groups (broad SMARTS) is 1. The summed E-state index contributed by atoms with van der Waals surface area (Å²) < 4.78 is 19.3. The number of halogens is 2. The van der Waals surface area contributed by atoms with Crippen LogP contribution in [0.4, 0.5) is 4.39 Å². The van der Waals surface area contributed by atoms with E-state index < -0.39 is 23.8 Å². The highest BCUT2D eigenvalue weighted by Gasteiger charge is 2.31. The lowest BCUT2D eigenvalue weighted by molar-refractivity contribution is -0.147. The van der Waals surface area contributed by atoms with Crippen LogP contribution in [0.3, 0.4) is 0 Å². The number of ether oxygens (including phenoxy) is 1. The van der Waals surface area contributed by atoms with Crippen LogP contribution in [0.25, 0.3) is 22.0 Å². The van der Waals surface area contributed by atoms with E-state index in [9.17, 15) is 19.1 Å². The predicted octanol–water partition coefficient (Wildman–Crippen LogP) is 4.78. The maximum Gasteiger partial charge on any atom is 0.308 e. The number of hydrogen-bond acceptors (Lipinski definition) is 4. The second kappa shape index (κ2) is 9.12. The second-order valence-electron chi connectivity index (χ2n) is 7.88. The van der Waals surface area contributed by atoms with Crippen LogP contribution in [-0.2, 0) is 9.59 Å². The summed E-state index contributed by atoms with van der Waals surface area (Å²) in [5, 5.41) is 10.4. The first kappa shape index (κ1) is 22.0. The van der Waals surface area contributed by atoms with E-state index in [1.54, 1.807) is 36.2 Å². The summed E-state index contributed by atoms with van der Waals surface area (Å²) in [6.07, 6.45) is 2.10. The Bertz CT molecular complexity index is 1190. The summed E-state index contributed by atoms with van der Waals surface area (Å²) in [6.45, 7) is 2.37. The van der Waals surface area contributed by atoms with Gasteiger partial charge in [-0.3, -0.25) is 14.6 Å². The minimum absolute atomic E-state index is 0.197. The predicted molar refractivity (Wildman–Crippen MR) is 119 cm³/mol. The van der Waals surface area contributed by atoms with Crippen LogP contribution in [0.2, 0.25) is 5.02 Å². The molecule has 1 amide bonds. The molecule has 1 fully saturated rings. The average Bonchev–Trinajstić information content (AvgIpc) is 2.78. The Labute approximate surface area is 189 Å². The van der Waals surface area contributed by atoms with E-state index >= 15 is 0 Å². The van der Waals surface area contributed by atoms with Crippen molar-refractivity contribution >= 4 is 34.4 Å². The van der Waals surface area contributed by atoms with Crippen molar-refractivity contribution in [3.05, 3.63) is 59.5 Å². The first-order chi connectivity index (χ1) is 15.3. The van der Waals surface area contributed by atoms with Gasteiger partial charge in [0.2, 0.25) is 0 Å². The first-order valence-corrected chi connectivity index (χ1v) is 10.7. The number of aliphatic carboxylic acids is 1. The quantitative estimate of drug-likeness (QED) is 0.597. The number of hydrogen-bond donors (Lipinski definition) is 1. The van der Waals surface area contributed by atoms with E-state index in [-0.39, 0.29) is 12.5 Å². The van der Waals surface area contributed by atoms with Gasteiger partial charge in [0, 0.05) is 36.3 Å². The maximum atomic E-state index is 13.4. The Balaban J connectivity index is 1.54. The van der Waals surface area contributed by atoms with E-state index in [4.69, 9.17) is 16.3 Å². The topological polar surface area (TPSA) is 79.7 Å². The summed E-state index contributed by atoms with van der Waals surface area (Å²) >= 11 is 6.24. The Kier molecular flexibility index (Phi) is 6.28. The summed E-state index contributed by atoms with van der Waals surface area (Å²) in [5.74, 6) is -1.60. The van der Waals surface area contributed by atoms with Crippen molar-refractivity contribution < 1.29 is 23.8 Å². The number of benzene rings is 2. The van der Waals surface area contributed by atoms with Gasteiger partial charge in [0.1, 0.15) is 11.6 Å². The molecule has 0 spiro atoms. The number of rotatable bonds is 5. The van der Waals surface area contributed by atoms with Crippen LogP contribution in [-0.4, -0.2) is 46.1 Å². The molecule has 0 radical (unpaired) electrons. The fraction of sp³-hybridized carbons (Fsp3) is 0.292. The second-order valence-corrected chi connectivity index (χ2v) is 8.29. The molecule has 2 heterocycles. The van der Waals surface area contributed by atoms with Crippen LogP contribution < -0.4 is 4.74 Å². The number of aromatic nitrogens is 1. The summed E-state index contributed by atoms with van der Waals surface area (Å²) in [6, 6.07) is 11.4. The van der Waals surface area contributed by atoms with Crippen molar-refractivity contribution in [3.63, 3.8) is 0 Å². The third-order valence-corrected chi connectivity index (χ3v) is 5.99. The van der Waals surface area contributed by atoms with Gasteiger partial charge in [0.15, 0.2) is 6.10 Å². The molecule has 1 saturated heterocycles. The standard InChI is InChI=1S/C24H22ClFN2O4/c1-14(23(29)28-10-2-3-15(13-28)24(30)31)32-17-5-7-20-18(8-9-27-22(20)12-17)19-6-4-16(26)11-21(19)25/h4-9,11-12,14-15H,2-3,10,13H2,1H3,(H,30,31)/t14?,15-/m1/s1. The molecule has 1 aromatic heterocycles. The van der Waals surface area contributed by atoms with Crippen LogP contribution in [0.1, 0.15) is 19.8 Å². The molecular formula is C24H22ClFN2O4. The fourth-order valence-corrected chi connectivity index (χ4v) is 4.30. The lowest BCUT2D eigenvalue weighted by atomic mass is 9.98. The number of carbonyl (C=O) groups is 2. The molecule has 1 aliphatic rings. The van der Waals surface area contributed by atoms with Gasteiger partial charge in [-0.25, -0.2) is 4.39 Å². The van der Waals surface area contributed by atoms with Crippen LogP contribution in [0.5, 0.6) is 5.75 Å². The first-order valence-electron chi connectivity index (χ1n) is 10.4. The molecule has 1 aliphatic heterocycles. The fourth-order valence-electron chi connectivity index (χ4n) is 4.03. The van der Waals surface area contributed by atoms with Gasteiger partial charge in [-0.2, -0.15) is 0 Å². The van der Waals surface area contributed by atoms with E-state index in [1.807, 2.05) is 12.1 Å². The summed E-state index contributed by atoms with van der Waals surface area (Å²) in [4.78, 5) is 30.0. The number of carbonyl (C=O) groups excluding carboxylic acids is 1. The summed E-state index contributed by atoms with van der Waals surface area (Å²) in [7, 11) is 0. The molecule has 166 valence electrons. The Morgan fingerprint density at radius 3 is 2.78 bits per heavy atom. The molecule has 0 bridgehead atoms. The van der Waals surface area contributed by atoms with Crippen molar-refractivity contribution in [2.75, 3.05) is 13.1 Å². The van der Waals surface area contributed by atoms with Crippen molar-refractivity contribution in [3.8, 4) is 16.9 Å². The zero-order chi connectivity index (χ0) is 22.8. The molecule has 4 rings (SSSR count). The van der Waals surface area contributed by atoms with Gasteiger partial charge in [0.25, 0.3) is 5.91 Å². The molecule has 2 aromatic carbocycles. The molecule has 8 heteroatoms. The number of piperidine rings is 1. The molecule has 0 saturated carbocycles. The van der Waals surface area contributed by atoms with Gasteiger partial charge in [0.05, 0.1) is 16.5 Å². The molecule has 1 N–H and O–H groups in total. The van der Waals surface area contributed by atoms with Crippen LogP contribution in [0, 0.1) is 11.7 Å². The number of fused-ring (bicyclic) bond motifs is 1. The van der Waals surface area contributed by atoms with Crippen molar-refractivity contribution in [2.45, 2.75) is 25.9 Å². The number of nitrogens with zero attached hydrogens (tertiary/aromatic N) is 2. The van der Waals surface area contributed by atoms with Gasteiger partial charge in [-0.1, -0.05) is 11.6 Å². The molecule has 0 aliphatic carbocycles. The lowest BCUT2D eigenvalue weighted by Crippen LogP contribution is -2.47. The van der Waals surface area contributed by atoms with Gasteiger partial charge in [-0.15, -0.1) is 0 Å². The third kappa shape index (κ3) is 4.53. The number of likely N-dealkylation sites (tertiary alicyclic amines) is 1. The smallest absolute Gasteiger partial charge is 0.308 e. The SMILES string of the molecule is CC(Oc1ccc2c(-c3ccc(F)cc3Cl)ccnc2c1)C(=O)N1CCC[C@@H](C(=O)O)C1. The van der Waals surface area contributed by atoms with E-state index in [1.165, 1.54) is 12.1 Å². The Morgan fingerprint density at radius 1 is 1.22 bits per heavy atom. The van der Waals surface area contributed by atoms with Gasteiger partial charge >= 0.3 is 5.97 Å². The monoisotopic (exact) mass is 456 g/mol. The molecular weight excluding hydrogens is 435 g/mol. The summed E-state index contributed by atoms with van der Waals surface area (Å²) in [5.41, 5.74) is 2.14.